The highest BCUT2D eigenvalue weighted by Crippen LogP contribution is 2.32. The molecule has 0 radical (unpaired) electrons. The first-order chi connectivity index (χ1) is 6.25. The number of aromatic nitrogens is 3. The Balaban J connectivity index is 1.89. The third-order valence-electron chi connectivity index (χ3n) is 2.13. The first kappa shape index (κ1) is 8.22. The van der Waals surface area contributed by atoms with Crippen LogP contribution in [0.5, 0.6) is 0 Å². The number of hydrogen-bond acceptors (Lipinski definition) is 3. The minimum Gasteiger partial charge on any atom is -0.303 e. The summed E-state index contributed by atoms with van der Waals surface area (Å²) in [4.78, 5) is 11.3. The van der Waals surface area contributed by atoms with Gasteiger partial charge in [-0.25, -0.2) is 0 Å². The molecule has 1 amide bonds. The van der Waals surface area contributed by atoms with Gasteiger partial charge in [-0.3, -0.25) is 10.1 Å². The molecule has 0 saturated heterocycles. The number of anilines is 1. The first-order valence-electron chi connectivity index (χ1n) is 4.39. The summed E-state index contributed by atoms with van der Waals surface area (Å²) in [5.41, 5.74) is 0. The van der Waals surface area contributed by atoms with Crippen molar-refractivity contribution in [3.05, 3.63) is 6.33 Å². The lowest BCUT2D eigenvalue weighted by molar-refractivity contribution is -0.116. The van der Waals surface area contributed by atoms with Crippen LogP contribution >= 0.6 is 0 Å². The Bertz CT molecular complexity index is 316. The highest BCUT2D eigenvalue weighted by molar-refractivity contribution is 5.89. The fourth-order valence-corrected chi connectivity index (χ4v) is 1.16. The summed E-state index contributed by atoms with van der Waals surface area (Å²) in [5, 5.41) is 10.1. The highest BCUT2D eigenvalue weighted by atomic mass is 16.1. The van der Waals surface area contributed by atoms with Crippen LogP contribution in [0.1, 0.15) is 19.3 Å². The molecule has 0 aliphatic heterocycles. The van der Waals surface area contributed by atoms with Gasteiger partial charge in [0.25, 0.3) is 0 Å². The SMILES string of the molecule is Cn1cnnc1NC(=O)CC1CC1. The van der Waals surface area contributed by atoms with Crippen LogP contribution in [0.25, 0.3) is 0 Å². The summed E-state index contributed by atoms with van der Waals surface area (Å²) < 4.78 is 1.69. The van der Waals surface area contributed by atoms with Crippen LogP contribution in [0, 0.1) is 5.92 Å². The lowest BCUT2D eigenvalue weighted by atomic mass is 10.3. The van der Waals surface area contributed by atoms with E-state index < -0.39 is 0 Å². The molecule has 0 unspecified atom stereocenters. The lowest BCUT2D eigenvalue weighted by Crippen LogP contribution is -2.14. The summed E-state index contributed by atoms with van der Waals surface area (Å²) in [7, 11) is 1.80. The zero-order chi connectivity index (χ0) is 9.26. The van der Waals surface area contributed by atoms with Gasteiger partial charge in [-0.1, -0.05) is 0 Å². The van der Waals surface area contributed by atoms with E-state index >= 15 is 0 Å². The molecule has 5 heteroatoms. The molecule has 1 heterocycles. The van der Waals surface area contributed by atoms with Gasteiger partial charge in [0.1, 0.15) is 6.33 Å². The molecule has 5 nitrogen and oxygen atoms in total. The normalized spacial score (nSPS) is 15.8. The van der Waals surface area contributed by atoms with Crippen molar-refractivity contribution in [2.24, 2.45) is 13.0 Å². The molecule has 0 aromatic carbocycles. The van der Waals surface area contributed by atoms with E-state index in [2.05, 4.69) is 15.5 Å². The molecule has 1 N–H and O–H groups in total. The number of nitrogens with one attached hydrogen (secondary N) is 1. The number of amides is 1. The Labute approximate surface area is 76.2 Å². The van der Waals surface area contributed by atoms with E-state index in [0.717, 1.165) is 0 Å². The predicted octanol–water partition coefficient (Wildman–Crippen LogP) is 0.554. The molecule has 1 aliphatic rings. The molecule has 0 bridgehead atoms. The summed E-state index contributed by atoms with van der Waals surface area (Å²) in [6.45, 7) is 0. The second kappa shape index (κ2) is 3.16. The molecule has 1 aromatic heterocycles. The van der Waals surface area contributed by atoms with Crippen molar-refractivity contribution in [2.75, 3.05) is 5.32 Å². The zero-order valence-electron chi connectivity index (χ0n) is 7.53. The third kappa shape index (κ3) is 2.05. The van der Waals surface area contributed by atoms with E-state index in [-0.39, 0.29) is 5.91 Å². The molecule has 1 aliphatic carbocycles. The molecule has 1 saturated carbocycles. The third-order valence-corrected chi connectivity index (χ3v) is 2.13. The van der Waals surface area contributed by atoms with E-state index in [4.69, 9.17) is 0 Å². The smallest absolute Gasteiger partial charge is 0.230 e. The fraction of sp³-hybridized carbons (Fsp3) is 0.625. The molecular formula is C8H12N4O. The summed E-state index contributed by atoms with van der Waals surface area (Å²) in [6, 6.07) is 0. The minimum atomic E-state index is 0.0404. The van der Waals surface area contributed by atoms with Gasteiger partial charge in [-0.15, -0.1) is 10.2 Å². The van der Waals surface area contributed by atoms with Crippen LogP contribution in [-0.2, 0) is 11.8 Å². The average molecular weight is 180 g/mol. The van der Waals surface area contributed by atoms with E-state index in [1.165, 1.54) is 12.8 Å². The van der Waals surface area contributed by atoms with E-state index in [0.29, 0.717) is 18.3 Å². The van der Waals surface area contributed by atoms with Gasteiger partial charge >= 0.3 is 0 Å². The number of carbonyl (C=O) groups excluding carboxylic acids is 1. The molecular weight excluding hydrogens is 168 g/mol. The summed E-state index contributed by atoms with van der Waals surface area (Å²) >= 11 is 0. The van der Waals surface area contributed by atoms with Gasteiger partial charge in [-0.05, 0) is 18.8 Å². The summed E-state index contributed by atoms with van der Waals surface area (Å²) in [6.07, 6.45) is 4.55. The zero-order valence-corrected chi connectivity index (χ0v) is 7.53. The van der Waals surface area contributed by atoms with Gasteiger partial charge in [0, 0.05) is 13.5 Å². The highest BCUT2D eigenvalue weighted by Gasteiger charge is 2.24. The van der Waals surface area contributed by atoms with E-state index in [9.17, 15) is 4.79 Å². The van der Waals surface area contributed by atoms with Crippen LogP contribution in [0.2, 0.25) is 0 Å². The van der Waals surface area contributed by atoms with Gasteiger partial charge in [-0.2, -0.15) is 0 Å². The van der Waals surface area contributed by atoms with Crippen LogP contribution in [0.4, 0.5) is 5.95 Å². The van der Waals surface area contributed by atoms with Gasteiger partial charge in [0.05, 0.1) is 0 Å². The number of nitrogens with zero attached hydrogens (tertiary/aromatic N) is 3. The molecule has 1 fully saturated rings. The molecule has 0 spiro atoms. The molecule has 1 aromatic rings. The van der Waals surface area contributed by atoms with Crippen LogP contribution < -0.4 is 5.32 Å². The Morgan fingerprint density at radius 1 is 1.77 bits per heavy atom. The number of aryl methyl sites for hydroxylation is 1. The standard InChI is InChI=1S/C8H12N4O/c1-12-5-9-11-8(12)10-7(13)4-6-2-3-6/h5-6H,2-4H2,1H3,(H,10,11,13). The largest absolute Gasteiger partial charge is 0.303 e. The van der Waals surface area contributed by atoms with Crippen molar-refractivity contribution in [3.8, 4) is 0 Å². The van der Waals surface area contributed by atoms with Crippen molar-refractivity contribution < 1.29 is 4.79 Å². The van der Waals surface area contributed by atoms with Crippen molar-refractivity contribution >= 4 is 11.9 Å². The average Bonchev–Trinajstić information content (AvgIpc) is 2.79. The maximum absolute atomic E-state index is 11.3. The number of hydrogen-bond donors (Lipinski definition) is 1. The van der Waals surface area contributed by atoms with Crippen molar-refractivity contribution in [1.29, 1.82) is 0 Å². The van der Waals surface area contributed by atoms with Crippen LogP contribution in [-0.4, -0.2) is 20.7 Å². The van der Waals surface area contributed by atoms with Gasteiger partial charge in [0.2, 0.25) is 11.9 Å². The number of rotatable bonds is 3. The summed E-state index contributed by atoms with van der Waals surface area (Å²) in [5.74, 6) is 1.16. The van der Waals surface area contributed by atoms with E-state index in [1.807, 2.05) is 0 Å². The van der Waals surface area contributed by atoms with Gasteiger partial charge in [0.15, 0.2) is 0 Å². The maximum Gasteiger partial charge on any atom is 0.230 e. The Kier molecular flexibility index (Phi) is 2.00. The Morgan fingerprint density at radius 2 is 2.54 bits per heavy atom. The minimum absolute atomic E-state index is 0.0404. The van der Waals surface area contributed by atoms with Gasteiger partial charge < -0.3 is 4.57 Å². The number of carbonyl (C=O) groups is 1. The predicted molar refractivity (Wildman–Crippen MR) is 47.0 cm³/mol. The van der Waals surface area contributed by atoms with E-state index in [1.54, 1.807) is 17.9 Å². The quantitative estimate of drug-likeness (QED) is 0.739. The fourth-order valence-electron chi connectivity index (χ4n) is 1.16. The van der Waals surface area contributed by atoms with Crippen molar-refractivity contribution in [2.45, 2.75) is 19.3 Å². The maximum atomic E-state index is 11.3. The Hall–Kier alpha value is -1.39. The second-order valence-electron chi connectivity index (χ2n) is 3.46. The molecule has 0 atom stereocenters. The lowest BCUT2D eigenvalue weighted by Gasteiger charge is -2.01. The Morgan fingerprint density at radius 3 is 3.08 bits per heavy atom. The second-order valence-corrected chi connectivity index (χ2v) is 3.46. The topological polar surface area (TPSA) is 59.8 Å². The van der Waals surface area contributed by atoms with Crippen molar-refractivity contribution in [3.63, 3.8) is 0 Å². The first-order valence-corrected chi connectivity index (χ1v) is 4.39. The monoisotopic (exact) mass is 180 g/mol. The molecule has 70 valence electrons. The van der Waals surface area contributed by atoms with Crippen molar-refractivity contribution in [1.82, 2.24) is 14.8 Å². The van der Waals surface area contributed by atoms with Crippen LogP contribution in [0.15, 0.2) is 6.33 Å². The molecule has 2 rings (SSSR count). The van der Waals surface area contributed by atoms with Crippen LogP contribution in [0.3, 0.4) is 0 Å². The molecule has 13 heavy (non-hydrogen) atoms.